The summed E-state index contributed by atoms with van der Waals surface area (Å²) in [6, 6.07) is 9.07. The van der Waals surface area contributed by atoms with Gasteiger partial charge < -0.3 is 15.1 Å². The number of sulfonamides is 1. The number of carbonyl (C=O) groups excluding carboxylic acids is 1. The van der Waals surface area contributed by atoms with E-state index in [2.05, 4.69) is 10.3 Å². The van der Waals surface area contributed by atoms with Crippen LogP contribution in [-0.2, 0) is 16.6 Å². The topological polar surface area (TPSA) is 85.8 Å². The van der Waals surface area contributed by atoms with Gasteiger partial charge in [-0.15, -0.1) is 0 Å². The van der Waals surface area contributed by atoms with E-state index in [0.717, 1.165) is 22.5 Å². The molecule has 1 N–H and O–H groups in total. The van der Waals surface area contributed by atoms with Gasteiger partial charge in [0.15, 0.2) is 0 Å². The smallest absolute Gasteiger partial charge is 0.317 e. The monoisotopic (exact) mass is 431 g/mol. The van der Waals surface area contributed by atoms with Gasteiger partial charge >= 0.3 is 6.03 Å². The fraction of sp³-hybridized carbons (Fsp3) is 0.429. The molecule has 2 amide bonds. The molecule has 1 aromatic carbocycles. The average molecular weight is 432 g/mol. The van der Waals surface area contributed by atoms with E-state index in [9.17, 15) is 13.2 Å². The summed E-state index contributed by atoms with van der Waals surface area (Å²) < 4.78 is 27.5. The molecule has 0 unspecified atom stereocenters. The molecule has 1 aliphatic rings. The van der Waals surface area contributed by atoms with E-state index in [0.29, 0.717) is 24.5 Å². The molecule has 2 heterocycles. The molecule has 1 fully saturated rings. The first-order valence-corrected chi connectivity index (χ1v) is 11.3. The number of nitrogens with one attached hydrogen (secondary N) is 1. The maximum Gasteiger partial charge on any atom is 0.317 e. The maximum absolute atomic E-state index is 13.0. The van der Waals surface area contributed by atoms with Crippen LogP contribution in [-0.4, -0.2) is 68.9 Å². The molecule has 9 heteroatoms. The Morgan fingerprint density at radius 2 is 1.80 bits per heavy atom. The van der Waals surface area contributed by atoms with Crippen LogP contribution in [0.15, 0.2) is 41.4 Å². The molecule has 162 valence electrons. The van der Waals surface area contributed by atoms with Crippen LogP contribution >= 0.6 is 0 Å². The number of pyridine rings is 1. The highest BCUT2D eigenvalue weighted by Crippen LogP contribution is 2.22. The van der Waals surface area contributed by atoms with Gasteiger partial charge in [0.2, 0.25) is 10.0 Å². The van der Waals surface area contributed by atoms with Gasteiger partial charge in [-0.3, -0.25) is 0 Å². The van der Waals surface area contributed by atoms with Crippen molar-refractivity contribution in [3.05, 3.63) is 53.2 Å². The molecule has 0 saturated carbocycles. The largest absolute Gasteiger partial charge is 0.363 e. The molecule has 2 aromatic rings. The molecular formula is C21H29N5O3S. The lowest BCUT2D eigenvalue weighted by molar-refractivity contribution is 0.172. The number of hydrogen-bond donors (Lipinski definition) is 1. The summed E-state index contributed by atoms with van der Waals surface area (Å²) in [5, 5.41) is 2.88. The maximum atomic E-state index is 13.0. The molecule has 1 aromatic heterocycles. The number of benzene rings is 1. The Kier molecular flexibility index (Phi) is 6.62. The fourth-order valence-electron chi connectivity index (χ4n) is 3.33. The highest BCUT2D eigenvalue weighted by atomic mass is 32.2. The lowest BCUT2D eigenvalue weighted by Gasteiger charge is -2.34. The van der Waals surface area contributed by atoms with Crippen molar-refractivity contribution in [1.29, 1.82) is 0 Å². The lowest BCUT2D eigenvalue weighted by atomic mass is 10.2. The number of piperazine rings is 1. The third kappa shape index (κ3) is 4.91. The molecule has 0 aliphatic carbocycles. The predicted molar refractivity (Wildman–Crippen MR) is 117 cm³/mol. The summed E-state index contributed by atoms with van der Waals surface area (Å²) in [6.07, 6.45) is 1.74. The van der Waals surface area contributed by atoms with Crippen molar-refractivity contribution >= 4 is 21.9 Å². The van der Waals surface area contributed by atoms with Crippen molar-refractivity contribution in [1.82, 2.24) is 19.5 Å². The van der Waals surface area contributed by atoms with E-state index < -0.39 is 10.0 Å². The summed E-state index contributed by atoms with van der Waals surface area (Å²) in [5.74, 6) is 0.853. The molecular weight excluding hydrogens is 402 g/mol. The standard InChI is InChI=1S/C21H29N5O3S/c1-16-5-6-17(2)19(13-16)30(28,29)26-11-9-25(10-12-26)21(27)23-15-18-7-8-20(22-14-18)24(3)4/h5-8,13-14H,9-12,15H2,1-4H3,(H,23,27). The molecule has 30 heavy (non-hydrogen) atoms. The van der Waals surface area contributed by atoms with E-state index >= 15 is 0 Å². The molecule has 0 spiro atoms. The van der Waals surface area contributed by atoms with Gasteiger partial charge in [0.05, 0.1) is 4.90 Å². The second-order valence-electron chi connectivity index (χ2n) is 7.74. The van der Waals surface area contributed by atoms with Crippen molar-refractivity contribution in [2.75, 3.05) is 45.2 Å². The van der Waals surface area contributed by atoms with Crippen molar-refractivity contribution < 1.29 is 13.2 Å². The normalized spacial score (nSPS) is 15.1. The van der Waals surface area contributed by atoms with Gasteiger partial charge in [-0.1, -0.05) is 18.2 Å². The average Bonchev–Trinajstić information content (AvgIpc) is 2.74. The Hall–Kier alpha value is -2.65. The summed E-state index contributed by atoms with van der Waals surface area (Å²) in [5.41, 5.74) is 2.55. The van der Waals surface area contributed by atoms with Gasteiger partial charge in [-0.05, 0) is 42.7 Å². The van der Waals surface area contributed by atoms with E-state index in [1.54, 1.807) is 24.1 Å². The van der Waals surface area contributed by atoms with Crippen LogP contribution < -0.4 is 10.2 Å². The number of amides is 2. The number of aromatic nitrogens is 1. The first-order valence-electron chi connectivity index (χ1n) is 9.91. The first kappa shape index (κ1) is 22.0. The zero-order valence-corrected chi connectivity index (χ0v) is 18.7. The summed E-state index contributed by atoms with van der Waals surface area (Å²) in [7, 11) is 0.273. The van der Waals surface area contributed by atoms with Crippen LogP contribution in [0.1, 0.15) is 16.7 Å². The van der Waals surface area contributed by atoms with Crippen LogP contribution in [0.25, 0.3) is 0 Å². The minimum absolute atomic E-state index is 0.199. The Labute approximate surface area is 178 Å². The lowest BCUT2D eigenvalue weighted by Crippen LogP contribution is -2.53. The number of anilines is 1. The third-order valence-electron chi connectivity index (χ3n) is 5.20. The van der Waals surface area contributed by atoms with Gasteiger partial charge in [-0.2, -0.15) is 4.31 Å². The van der Waals surface area contributed by atoms with Crippen molar-refractivity contribution in [3.63, 3.8) is 0 Å². The Bertz CT molecular complexity index is 998. The molecule has 0 bridgehead atoms. The van der Waals surface area contributed by atoms with E-state index in [1.165, 1.54) is 4.31 Å². The molecule has 0 radical (unpaired) electrons. The number of nitrogens with zero attached hydrogens (tertiary/aromatic N) is 4. The van der Waals surface area contributed by atoms with E-state index in [1.807, 2.05) is 50.2 Å². The van der Waals surface area contributed by atoms with Crippen LogP contribution in [0.4, 0.5) is 10.6 Å². The number of rotatable bonds is 5. The van der Waals surface area contributed by atoms with Gasteiger partial charge in [0.25, 0.3) is 0 Å². The van der Waals surface area contributed by atoms with Crippen molar-refractivity contribution in [2.24, 2.45) is 0 Å². The van der Waals surface area contributed by atoms with Gasteiger partial charge in [0, 0.05) is 53.0 Å². The van der Waals surface area contributed by atoms with E-state index in [4.69, 9.17) is 0 Å². The SMILES string of the molecule is Cc1ccc(C)c(S(=O)(=O)N2CCN(C(=O)NCc3ccc(N(C)C)nc3)CC2)c1. The van der Waals surface area contributed by atoms with Crippen molar-refractivity contribution in [3.8, 4) is 0 Å². The minimum Gasteiger partial charge on any atom is -0.363 e. The summed E-state index contributed by atoms with van der Waals surface area (Å²) in [4.78, 5) is 20.7. The second kappa shape index (κ2) is 9.01. The predicted octanol–water partition coefficient (Wildman–Crippen LogP) is 1.98. The number of urea groups is 1. The third-order valence-corrected chi connectivity index (χ3v) is 7.24. The molecule has 0 atom stereocenters. The first-order chi connectivity index (χ1) is 14.2. The Morgan fingerprint density at radius 3 is 2.40 bits per heavy atom. The van der Waals surface area contributed by atoms with Crippen LogP contribution in [0, 0.1) is 13.8 Å². The van der Waals surface area contributed by atoms with Crippen LogP contribution in [0.3, 0.4) is 0 Å². The molecule has 8 nitrogen and oxygen atoms in total. The number of hydrogen-bond acceptors (Lipinski definition) is 5. The Balaban J connectivity index is 1.55. The zero-order valence-electron chi connectivity index (χ0n) is 17.9. The van der Waals surface area contributed by atoms with Crippen LogP contribution in [0.5, 0.6) is 0 Å². The molecule has 3 rings (SSSR count). The second-order valence-corrected chi connectivity index (χ2v) is 9.64. The number of carbonyl (C=O) groups is 1. The van der Waals surface area contributed by atoms with Crippen LogP contribution in [0.2, 0.25) is 0 Å². The van der Waals surface area contributed by atoms with E-state index in [-0.39, 0.29) is 19.1 Å². The summed E-state index contributed by atoms with van der Waals surface area (Å²) in [6.45, 7) is 5.33. The van der Waals surface area contributed by atoms with Crippen molar-refractivity contribution in [2.45, 2.75) is 25.3 Å². The fourth-order valence-corrected chi connectivity index (χ4v) is 5.06. The minimum atomic E-state index is -3.57. The number of aryl methyl sites for hydroxylation is 2. The molecule has 1 aliphatic heterocycles. The van der Waals surface area contributed by atoms with Gasteiger partial charge in [-0.25, -0.2) is 18.2 Å². The highest BCUT2D eigenvalue weighted by molar-refractivity contribution is 7.89. The molecule has 1 saturated heterocycles. The Morgan fingerprint density at radius 1 is 1.10 bits per heavy atom. The highest BCUT2D eigenvalue weighted by Gasteiger charge is 2.31. The van der Waals surface area contributed by atoms with Gasteiger partial charge in [0.1, 0.15) is 5.82 Å². The zero-order chi connectivity index (χ0) is 21.9. The summed E-state index contributed by atoms with van der Waals surface area (Å²) >= 11 is 0. The quantitative estimate of drug-likeness (QED) is 0.782.